The standard InChI is InChI=1S/C14H11Cl3N2O2S/c1-8-2-3-9(22-8)6-18-19-14(20)7-21-13-5-11(16)10(15)4-12(13)17/h2-6H,7H2,1H3,(H,19,20)/b18-6+. The fourth-order valence-electron chi connectivity index (χ4n) is 1.48. The molecule has 0 aliphatic heterocycles. The van der Waals surface area contributed by atoms with Gasteiger partial charge in [0.15, 0.2) is 6.61 Å². The summed E-state index contributed by atoms with van der Waals surface area (Å²) in [5.74, 6) is -0.129. The summed E-state index contributed by atoms with van der Waals surface area (Å²) in [7, 11) is 0. The first kappa shape index (κ1) is 17.1. The van der Waals surface area contributed by atoms with Crippen molar-refractivity contribution in [1.82, 2.24) is 5.43 Å². The van der Waals surface area contributed by atoms with Gasteiger partial charge in [-0.2, -0.15) is 5.10 Å². The number of benzene rings is 1. The van der Waals surface area contributed by atoms with Crippen LogP contribution < -0.4 is 10.2 Å². The van der Waals surface area contributed by atoms with Gasteiger partial charge in [0.05, 0.1) is 21.3 Å². The van der Waals surface area contributed by atoms with E-state index < -0.39 is 5.91 Å². The van der Waals surface area contributed by atoms with Crippen LogP contribution in [0.1, 0.15) is 9.75 Å². The molecule has 0 saturated carbocycles. The Labute approximate surface area is 146 Å². The largest absolute Gasteiger partial charge is 0.482 e. The Morgan fingerprint density at radius 3 is 2.68 bits per heavy atom. The molecule has 1 aromatic carbocycles. The van der Waals surface area contributed by atoms with Crippen LogP contribution in [0.25, 0.3) is 0 Å². The van der Waals surface area contributed by atoms with Crippen LogP contribution in [-0.2, 0) is 4.79 Å². The highest BCUT2D eigenvalue weighted by Crippen LogP contribution is 2.33. The third-order valence-electron chi connectivity index (χ3n) is 2.48. The number of halogens is 3. The van der Waals surface area contributed by atoms with Gasteiger partial charge in [-0.05, 0) is 25.1 Å². The number of amides is 1. The maximum Gasteiger partial charge on any atom is 0.277 e. The first-order valence-corrected chi connectivity index (χ1v) is 8.06. The minimum atomic E-state index is -0.410. The van der Waals surface area contributed by atoms with E-state index in [0.29, 0.717) is 10.0 Å². The zero-order chi connectivity index (χ0) is 16.1. The molecule has 2 rings (SSSR count). The summed E-state index contributed by atoms with van der Waals surface area (Å²) in [6.07, 6.45) is 1.57. The minimum Gasteiger partial charge on any atom is -0.482 e. The second-order valence-electron chi connectivity index (χ2n) is 4.23. The van der Waals surface area contributed by atoms with E-state index in [0.717, 1.165) is 4.88 Å². The van der Waals surface area contributed by atoms with Crippen LogP contribution >= 0.6 is 46.1 Å². The highest BCUT2D eigenvalue weighted by molar-refractivity contribution is 7.13. The second kappa shape index (κ2) is 7.83. The molecule has 0 atom stereocenters. The maximum absolute atomic E-state index is 11.6. The van der Waals surface area contributed by atoms with Crippen LogP contribution in [0.15, 0.2) is 29.4 Å². The number of nitrogens with one attached hydrogen (secondary N) is 1. The number of hydrogen-bond donors (Lipinski definition) is 1. The third-order valence-corrected chi connectivity index (χ3v) is 4.43. The zero-order valence-electron chi connectivity index (χ0n) is 11.4. The smallest absolute Gasteiger partial charge is 0.277 e. The van der Waals surface area contributed by atoms with Crippen molar-refractivity contribution < 1.29 is 9.53 Å². The molecule has 2 aromatic rings. The van der Waals surface area contributed by atoms with Gasteiger partial charge in [0, 0.05) is 15.8 Å². The predicted molar refractivity (Wildman–Crippen MR) is 91.8 cm³/mol. The maximum atomic E-state index is 11.6. The molecule has 0 aliphatic carbocycles. The summed E-state index contributed by atoms with van der Waals surface area (Å²) >= 11 is 19.2. The van der Waals surface area contributed by atoms with Crippen molar-refractivity contribution in [3.05, 3.63) is 49.1 Å². The van der Waals surface area contributed by atoms with Gasteiger partial charge in [0.1, 0.15) is 5.75 Å². The van der Waals surface area contributed by atoms with Crippen LogP contribution in [0.3, 0.4) is 0 Å². The van der Waals surface area contributed by atoms with Gasteiger partial charge in [0.25, 0.3) is 5.91 Å². The van der Waals surface area contributed by atoms with Crippen molar-refractivity contribution in [2.75, 3.05) is 6.61 Å². The molecule has 0 spiro atoms. The van der Waals surface area contributed by atoms with Crippen molar-refractivity contribution in [1.29, 1.82) is 0 Å². The lowest BCUT2D eigenvalue weighted by molar-refractivity contribution is -0.123. The Kier molecular flexibility index (Phi) is 6.08. The molecule has 0 unspecified atom stereocenters. The van der Waals surface area contributed by atoms with Crippen molar-refractivity contribution >= 4 is 58.3 Å². The number of rotatable bonds is 5. The molecule has 1 heterocycles. The van der Waals surface area contributed by atoms with Gasteiger partial charge in [0.2, 0.25) is 0 Å². The number of aryl methyl sites for hydroxylation is 1. The monoisotopic (exact) mass is 376 g/mol. The van der Waals surface area contributed by atoms with Crippen molar-refractivity contribution in [2.45, 2.75) is 6.92 Å². The number of hydrazone groups is 1. The van der Waals surface area contributed by atoms with Crippen molar-refractivity contribution in [3.63, 3.8) is 0 Å². The van der Waals surface area contributed by atoms with E-state index in [9.17, 15) is 4.79 Å². The molecule has 0 bridgehead atoms. The van der Waals surface area contributed by atoms with E-state index >= 15 is 0 Å². The van der Waals surface area contributed by atoms with Crippen LogP contribution in [0.5, 0.6) is 5.75 Å². The lowest BCUT2D eigenvalue weighted by atomic mass is 10.3. The van der Waals surface area contributed by atoms with Gasteiger partial charge in [-0.25, -0.2) is 5.43 Å². The van der Waals surface area contributed by atoms with Gasteiger partial charge >= 0.3 is 0 Å². The van der Waals surface area contributed by atoms with E-state index in [1.54, 1.807) is 17.6 Å². The zero-order valence-corrected chi connectivity index (χ0v) is 14.5. The third kappa shape index (κ3) is 4.88. The SMILES string of the molecule is Cc1ccc(/C=N/NC(=O)COc2cc(Cl)c(Cl)cc2Cl)s1. The first-order valence-electron chi connectivity index (χ1n) is 6.11. The molecule has 116 valence electrons. The van der Waals surface area contributed by atoms with E-state index in [1.165, 1.54) is 17.0 Å². The molecule has 1 amide bonds. The van der Waals surface area contributed by atoms with Crippen LogP contribution in [-0.4, -0.2) is 18.7 Å². The van der Waals surface area contributed by atoms with Gasteiger partial charge in [-0.15, -0.1) is 11.3 Å². The summed E-state index contributed by atoms with van der Waals surface area (Å²) in [6, 6.07) is 6.80. The normalized spacial score (nSPS) is 10.9. The summed E-state index contributed by atoms with van der Waals surface area (Å²) in [5, 5.41) is 4.74. The molecule has 8 heteroatoms. The topological polar surface area (TPSA) is 50.7 Å². The second-order valence-corrected chi connectivity index (χ2v) is 6.77. The molecular formula is C14H11Cl3N2O2S. The number of nitrogens with zero attached hydrogens (tertiary/aromatic N) is 1. The molecule has 22 heavy (non-hydrogen) atoms. The molecule has 0 fully saturated rings. The average molecular weight is 378 g/mol. The molecule has 1 aromatic heterocycles. The van der Waals surface area contributed by atoms with E-state index in [2.05, 4.69) is 10.5 Å². The Balaban J connectivity index is 1.85. The van der Waals surface area contributed by atoms with E-state index in [-0.39, 0.29) is 17.4 Å². The summed E-state index contributed by atoms with van der Waals surface area (Å²) in [6.45, 7) is 1.76. The lowest BCUT2D eigenvalue weighted by Gasteiger charge is -2.08. The fourth-order valence-corrected chi connectivity index (χ4v) is 2.82. The number of thiophene rings is 1. The molecule has 1 N–H and O–H groups in total. The van der Waals surface area contributed by atoms with E-state index in [1.807, 2.05) is 19.1 Å². The van der Waals surface area contributed by atoms with Gasteiger partial charge < -0.3 is 4.74 Å². The first-order chi connectivity index (χ1) is 10.5. The highest BCUT2D eigenvalue weighted by atomic mass is 35.5. The quantitative estimate of drug-likeness (QED) is 0.472. The molecule has 0 saturated heterocycles. The molecule has 0 aliphatic rings. The Hall–Kier alpha value is -1.27. The average Bonchev–Trinajstić information content (AvgIpc) is 2.87. The van der Waals surface area contributed by atoms with Gasteiger partial charge in [-0.1, -0.05) is 34.8 Å². The fraction of sp³-hybridized carbons (Fsp3) is 0.143. The van der Waals surface area contributed by atoms with Crippen molar-refractivity contribution in [3.8, 4) is 5.75 Å². The van der Waals surface area contributed by atoms with E-state index in [4.69, 9.17) is 39.5 Å². The molecular weight excluding hydrogens is 367 g/mol. The summed E-state index contributed by atoms with van der Waals surface area (Å²) < 4.78 is 5.28. The van der Waals surface area contributed by atoms with Crippen LogP contribution in [0, 0.1) is 6.92 Å². The number of carbonyl (C=O) groups excluding carboxylic acids is 1. The Morgan fingerprint density at radius 2 is 2.00 bits per heavy atom. The lowest BCUT2D eigenvalue weighted by Crippen LogP contribution is -2.24. The number of carbonyl (C=O) groups is 1. The van der Waals surface area contributed by atoms with Crippen LogP contribution in [0.2, 0.25) is 15.1 Å². The highest BCUT2D eigenvalue weighted by Gasteiger charge is 2.09. The predicted octanol–water partition coefficient (Wildman–Crippen LogP) is 4.55. The summed E-state index contributed by atoms with van der Waals surface area (Å²) in [4.78, 5) is 13.7. The minimum absolute atomic E-state index is 0.238. The number of hydrogen-bond acceptors (Lipinski definition) is 4. The number of ether oxygens (including phenoxy) is 1. The Morgan fingerprint density at radius 1 is 1.27 bits per heavy atom. The molecule has 0 radical (unpaired) electrons. The molecule has 4 nitrogen and oxygen atoms in total. The van der Waals surface area contributed by atoms with Crippen LogP contribution in [0.4, 0.5) is 0 Å². The van der Waals surface area contributed by atoms with Gasteiger partial charge in [-0.3, -0.25) is 4.79 Å². The Bertz CT molecular complexity index is 716. The summed E-state index contributed by atoms with van der Waals surface area (Å²) in [5.41, 5.74) is 2.37. The van der Waals surface area contributed by atoms with Crippen molar-refractivity contribution in [2.24, 2.45) is 5.10 Å².